The first-order valence-electron chi connectivity index (χ1n) is 10.8. The van der Waals surface area contributed by atoms with Crippen molar-refractivity contribution in [3.05, 3.63) is 65.0 Å². The number of nitrogens with zero attached hydrogens (tertiary/aromatic N) is 5. The average molecular weight is 424 g/mol. The Morgan fingerprint density at radius 3 is 2.84 bits per heavy atom. The molecule has 1 atom stereocenters. The van der Waals surface area contributed by atoms with Crippen LogP contribution in [-0.4, -0.2) is 37.7 Å². The molecular weight excluding hydrogens is 398 g/mol. The summed E-state index contributed by atoms with van der Waals surface area (Å²) in [5, 5.41) is 11.8. The number of aryl methyl sites for hydroxylation is 1. The number of hydrogen-bond acceptors (Lipinski definition) is 5. The van der Waals surface area contributed by atoms with E-state index in [0.29, 0.717) is 35.4 Å². The molecule has 0 spiro atoms. The molecule has 1 N–H and O–H groups in total. The first kappa shape index (κ1) is 20.1. The summed E-state index contributed by atoms with van der Waals surface area (Å²) in [6, 6.07) is 5.40. The fourth-order valence-corrected chi connectivity index (χ4v) is 4.77. The van der Waals surface area contributed by atoms with Crippen LogP contribution >= 0.6 is 0 Å². The van der Waals surface area contributed by atoms with Gasteiger partial charge in [0, 0.05) is 37.5 Å². The Morgan fingerprint density at radius 1 is 1.26 bits per heavy atom. The normalized spacial score (nSPS) is 19.7. The highest BCUT2D eigenvalue weighted by Crippen LogP contribution is 2.40. The number of fused-ring (bicyclic) bond motifs is 3. The van der Waals surface area contributed by atoms with Crippen LogP contribution in [0.4, 0.5) is 14.5 Å². The number of pyridine rings is 1. The molecule has 0 radical (unpaired) electrons. The number of nitrogens with one attached hydrogen (secondary N) is 1. The molecule has 0 saturated carbocycles. The van der Waals surface area contributed by atoms with Crippen molar-refractivity contribution in [2.24, 2.45) is 0 Å². The molecular formula is C23H26F2N6. The molecule has 5 rings (SSSR count). The van der Waals surface area contributed by atoms with Gasteiger partial charge in [-0.3, -0.25) is 14.5 Å². The van der Waals surface area contributed by atoms with Gasteiger partial charge in [-0.25, -0.2) is 8.78 Å². The van der Waals surface area contributed by atoms with E-state index in [1.54, 1.807) is 10.8 Å². The summed E-state index contributed by atoms with van der Waals surface area (Å²) in [6.45, 7) is 7.59. The third kappa shape index (κ3) is 3.29. The first-order valence-corrected chi connectivity index (χ1v) is 10.8. The second kappa shape index (κ2) is 7.37. The van der Waals surface area contributed by atoms with Gasteiger partial charge in [-0.2, -0.15) is 0 Å². The highest BCUT2D eigenvalue weighted by Gasteiger charge is 2.38. The van der Waals surface area contributed by atoms with Crippen LogP contribution in [0.15, 0.2) is 30.6 Å². The molecule has 0 bridgehead atoms. The lowest BCUT2D eigenvalue weighted by Crippen LogP contribution is -2.37. The zero-order chi connectivity index (χ0) is 21.8. The fourth-order valence-electron chi connectivity index (χ4n) is 4.77. The number of hydrogen-bond donors (Lipinski definition) is 1. The molecule has 0 aliphatic carbocycles. The van der Waals surface area contributed by atoms with Gasteiger partial charge in [-0.05, 0) is 50.4 Å². The summed E-state index contributed by atoms with van der Waals surface area (Å²) < 4.78 is 32.7. The van der Waals surface area contributed by atoms with Gasteiger partial charge < -0.3 is 5.32 Å². The Kier molecular flexibility index (Phi) is 4.77. The second-order valence-corrected chi connectivity index (χ2v) is 8.93. The van der Waals surface area contributed by atoms with E-state index >= 15 is 8.78 Å². The smallest absolute Gasteiger partial charge is 0.162 e. The molecule has 2 aromatic heterocycles. The minimum atomic E-state index is -0.584. The molecule has 2 aliphatic rings. The Bertz CT molecular complexity index is 1120. The van der Waals surface area contributed by atoms with E-state index in [1.807, 2.05) is 33.0 Å². The van der Waals surface area contributed by atoms with Crippen LogP contribution in [0.5, 0.6) is 0 Å². The zero-order valence-corrected chi connectivity index (χ0v) is 18.0. The molecule has 8 heteroatoms. The summed E-state index contributed by atoms with van der Waals surface area (Å²) in [5.74, 6) is 0.555. The molecule has 3 aromatic rings. The highest BCUT2D eigenvalue weighted by molar-refractivity contribution is 5.68. The SMILES string of the molecule is CCc1nnc2n1-c1c(cc(F)c(CN3CCC(c4cccnc4)C3)c1F)NC2(C)C. The van der Waals surface area contributed by atoms with Gasteiger partial charge in [0.05, 0.1) is 11.2 Å². The number of benzene rings is 1. The average Bonchev–Trinajstić information content (AvgIpc) is 3.39. The molecule has 1 saturated heterocycles. The number of likely N-dealkylation sites (tertiary alicyclic amines) is 1. The Balaban J connectivity index is 1.50. The van der Waals surface area contributed by atoms with E-state index in [4.69, 9.17) is 0 Å². The van der Waals surface area contributed by atoms with Crippen LogP contribution in [0.3, 0.4) is 0 Å². The van der Waals surface area contributed by atoms with Gasteiger partial charge in [0.25, 0.3) is 0 Å². The molecule has 6 nitrogen and oxygen atoms in total. The van der Waals surface area contributed by atoms with Crippen molar-refractivity contribution >= 4 is 5.69 Å². The minimum absolute atomic E-state index is 0.0915. The Hall–Kier alpha value is -2.87. The van der Waals surface area contributed by atoms with Crippen LogP contribution in [0, 0.1) is 11.6 Å². The van der Waals surface area contributed by atoms with E-state index in [0.717, 1.165) is 19.5 Å². The van der Waals surface area contributed by atoms with Crippen molar-refractivity contribution in [1.29, 1.82) is 0 Å². The van der Waals surface area contributed by atoms with Crippen molar-refractivity contribution in [2.75, 3.05) is 18.4 Å². The monoisotopic (exact) mass is 424 g/mol. The predicted octanol–water partition coefficient (Wildman–Crippen LogP) is 4.15. The van der Waals surface area contributed by atoms with Gasteiger partial charge in [0.1, 0.15) is 17.3 Å². The van der Waals surface area contributed by atoms with Gasteiger partial charge in [0.2, 0.25) is 0 Å². The third-order valence-corrected chi connectivity index (χ3v) is 6.37. The van der Waals surface area contributed by atoms with Crippen molar-refractivity contribution < 1.29 is 8.78 Å². The van der Waals surface area contributed by atoms with Crippen LogP contribution < -0.4 is 5.32 Å². The highest BCUT2D eigenvalue weighted by atomic mass is 19.1. The lowest BCUT2D eigenvalue weighted by molar-refractivity contribution is 0.314. The summed E-state index contributed by atoms with van der Waals surface area (Å²) in [6.07, 6.45) is 5.19. The maximum atomic E-state index is 15.8. The van der Waals surface area contributed by atoms with Gasteiger partial charge in [-0.1, -0.05) is 13.0 Å². The second-order valence-electron chi connectivity index (χ2n) is 8.93. The standard InChI is InChI=1S/C23H26F2N6/c1-4-19-28-29-22-23(2,3)27-18-10-17(24)16(20(25)21(18)31(19)22)13-30-9-7-15(12-30)14-6-5-8-26-11-14/h5-6,8,10-11,15,27H,4,7,9,12-13H2,1-3H3. The predicted molar refractivity (Wildman–Crippen MR) is 114 cm³/mol. The third-order valence-electron chi connectivity index (χ3n) is 6.37. The van der Waals surface area contributed by atoms with Gasteiger partial charge in [0.15, 0.2) is 11.6 Å². The van der Waals surface area contributed by atoms with Crippen LogP contribution in [0.2, 0.25) is 0 Å². The van der Waals surface area contributed by atoms with Crippen molar-refractivity contribution in [2.45, 2.75) is 51.6 Å². The van der Waals surface area contributed by atoms with Crippen molar-refractivity contribution in [3.63, 3.8) is 0 Å². The topological polar surface area (TPSA) is 58.9 Å². The molecule has 1 aromatic carbocycles. The maximum Gasteiger partial charge on any atom is 0.162 e. The van der Waals surface area contributed by atoms with Crippen molar-refractivity contribution in [1.82, 2.24) is 24.6 Å². The van der Waals surface area contributed by atoms with E-state index in [1.165, 1.54) is 11.6 Å². The van der Waals surface area contributed by atoms with E-state index in [9.17, 15) is 0 Å². The van der Waals surface area contributed by atoms with Crippen LogP contribution in [0.25, 0.3) is 5.69 Å². The molecule has 0 amide bonds. The quantitative estimate of drug-likeness (QED) is 0.682. The van der Waals surface area contributed by atoms with Crippen LogP contribution in [0.1, 0.15) is 55.9 Å². The largest absolute Gasteiger partial charge is 0.371 e. The number of rotatable bonds is 4. The van der Waals surface area contributed by atoms with E-state index in [2.05, 4.69) is 31.5 Å². The lowest BCUT2D eigenvalue weighted by atomic mass is 9.98. The molecule has 31 heavy (non-hydrogen) atoms. The maximum absolute atomic E-state index is 15.8. The fraction of sp³-hybridized carbons (Fsp3) is 0.435. The summed E-state index contributed by atoms with van der Waals surface area (Å²) >= 11 is 0. The van der Waals surface area contributed by atoms with E-state index in [-0.39, 0.29) is 12.1 Å². The molecule has 162 valence electrons. The Labute approximate surface area is 180 Å². The summed E-state index contributed by atoms with van der Waals surface area (Å²) in [5.41, 5.74) is 1.43. The number of aromatic nitrogens is 4. The molecule has 2 aliphatic heterocycles. The molecule has 1 fully saturated rings. The van der Waals surface area contributed by atoms with Gasteiger partial charge in [-0.15, -0.1) is 10.2 Å². The molecule has 4 heterocycles. The number of halogens is 2. The van der Waals surface area contributed by atoms with E-state index < -0.39 is 17.2 Å². The first-order chi connectivity index (χ1) is 14.9. The Morgan fingerprint density at radius 2 is 2.10 bits per heavy atom. The van der Waals surface area contributed by atoms with Crippen molar-refractivity contribution in [3.8, 4) is 5.69 Å². The zero-order valence-electron chi connectivity index (χ0n) is 18.0. The number of anilines is 1. The summed E-state index contributed by atoms with van der Waals surface area (Å²) in [7, 11) is 0. The minimum Gasteiger partial charge on any atom is -0.371 e. The molecule has 1 unspecified atom stereocenters. The lowest BCUT2D eigenvalue weighted by Gasteiger charge is -2.34. The van der Waals surface area contributed by atoms with Crippen LogP contribution in [-0.2, 0) is 18.5 Å². The van der Waals surface area contributed by atoms with Gasteiger partial charge >= 0.3 is 0 Å². The summed E-state index contributed by atoms with van der Waals surface area (Å²) in [4.78, 5) is 6.31.